The van der Waals surface area contributed by atoms with E-state index in [0.717, 1.165) is 27.3 Å². The molecule has 6 heteroatoms. The summed E-state index contributed by atoms with van der Waals surface area (Å²) in [5.41, 5.74) is 2.51. The molecule has 23 heavy (non-hydrogen) atoms. The fourth-order valence-corrected chi connectivity index (χ4v) is 3.01. The van der Waals surface area contributed by atoms with Crippen LogP contribution >= 0.6 is 11.8 Å². The van der Waals surface area contributed by atoms with Gasteiger partial charge in [0.15, 0.2) is 0 Å². The van der Waals surface area contributed by atoms with Crippen LogP contribution in [0.2, 0.25) is 0 Å². The van der Waals surface area contributed by atoms with E-state index in [9.17, 15) is 4.39 Å². The average Bonchev–Trinajstić information content (AvgIpc) is 2.98. The van der Waals surface area contributed by atoms with Crippen molar-refractivity contribution in [2.45, 2.75) is 24.8 Å². The molecule has 0 unspecified atom stereocenters. The summed E-state index contributed by atoms with van der Waals surface area (Å²) < 4.78 is 14.9. The lowest BCUT2D eigenvalue weighted by molar-refractivity contribution is 0.627. The highest BCUT2D eigenvalue weighted by molar-refractivity contribution is 7.99. The van der Waals surface area contributed by atoms with E-state index in [0.29, 0.717) is 5.75 Å². The molecule has 0 bridgehead atoms. The topological polar surface area (TPSA) is 43.6 Å². The smallest absolute Gasteiger partial charge is 0.146 e. The van der Waals surface area contributed by atoms with Crippen LogP contribution in [0.3, 0.4) is 0 Å². The second-order valence-corrected chi connectivity index (χ2v) is 6.30. The minimum Gasteiger partial charge on any atom is -0.230 e. The van der Waals surface area contributed by atoms with Crippen molar-refractivity contribution in [2.75, 3.05) is 5.75 Å². The molecular formula is C17H15FN4S. The molecular weight excluding hydrogens is 311 g/mol. The Morgan fingerprint density at radius 1 is 1.26 bits per heavy atom. The average molecular weight is 326 g/mol. The monoisotopic (exact) mass is 326 g/mol. The lowest BCUT2D eigenvalue weighted by Crippen LogP contribution is -2.02. The number of terminal acetylenes is 1. The maximum Gasteiger partial charge on any atom is 0.146 e. The van der Waals surface area contributed by atoms with Crippen LogP contribution < -0.4 is 0 Å². The van der Waals surface area contributed by atoms with E-state index < -0.39 is 0 Å². The second kappa shape index (κ2) is 6.39. The first kappa shape index (κ1) is 15.5. The van der Waals surface area contributed by atoms with Crippen molar-refractivity contribution in [3.05, 3.63) is 42.0 Å². The predicted octanol–water partition coefficient (Wildman–Crippen LogP) is 3.80. The van der Waals surface area contributed by atoms with Crippen molar-refractivity contribution in [3.63, 3.8) is 0 Å². The van der Waals surface area contributed by atoms with Crippen LogP contribution in [-0.4, -0.2) is 25.7 Å². The fourth-order valence-electron chi connectivity index (χ4n) is 2.35. The largest absolute Gasteiger partial charge is 0.230 e. The molecule has 2 aromatic heterocycles. The number of rotatable bonds is 4. The second-order valence-electron chi connectivity index (χ2n) is 5.33. The Morgan fingerprint density at radius 3 is 2.65 bits per heavy atom. The molecule has 4 nitrogen and oxygen atoms in total. The van der Waals surface area contributed by atoms with Gasteiger partial charge in [0, 0.05) is 5.39 Å². The molecule has 3 rings (SSSR count). The van der Waals surface area contributed by atoms with Gasteiger partial charge < -0.3 is 0 Å². The summed E-state index contributed by atoms with van der Waals surface area (Å²) >= 11 is 1.44. The maximum atomic E-state index is 13.2. The van der Waals surface area contributed by atoms with Gasteiger partial charge in [0.25, 0.3) is 0 Å². The van der Waals surface area contributed by atoms with Crippen molar-refractivity contribution in [3.8, 4) is 18.0 Å². The Labute approximate surface area is 138 Å². The molecule has 0 radical (unpaired) electrons. The number of thioether (sulfide) groups is 1. The van der Waals surface area contributed by atoms with Gasteiger partial charge in [-0.15, -0.1) is 11.5 Å². The van der Waals surface area contributed by atoms with Gasteiger partial charge in [-0.05, 0) is 30.2 Å². The molecule has 0 aliphatic heterocycles. The van der Waals surface area contributed by atoms with Crippen LogP contribution in [0.25, 0.3) is 16.6 Å². The molecule has 0 saturated heterocycles. The van der Waals surface area contributed by atoms with E-state index in [2.05, 4.69) is 35.1 Å². The van der Waals surface area contributed by atoms with E-state index >= 15 is 0 Å². The van der Waals surface area contributed by atoms with Gasteiger partial charge in [-0.25, -0.2) is 9.07 Å². The van der Waals surface area contributed by atoms with Crippen molar-refractivity contribution in [1.29, 1.82) is 0 Å². The van der Waals surface area contributed by atoms with E-state index in [-0.39, 0.29) is 11.7 Å². The third kappa shape index (κ3) is 2.92. The lowest BCUT2D eigenvalue weighted by atomic mass is 10.1. The molecule has 0 saturated carbocycles. The normalized spacial score (nSPS) is 11.1. The quantitative estimate of drug-likeness (QED) is 0.540. The molecule has 0 amide bonds. The van der Waals surface area contributed by atoms with Gasteiger partial charge in [0.05, 0.1) is 23.3 Å². The summed E-state index contributed by atoms with van der Waals surface area (Å²) in [6.45, 7) is 4.12. The Morgan fingerprint density at radius 2 is 2.00 bits per heavy atom. The van der Waals surface area contributed by atoms with Gasteiger partial charge >= 0.3 is 0 Å². The van der Waals surface area contributed by atoms with Crippen LogP contribution in [0.15, 0.2) is 35.5 Å². The summed E-state index contributed by atoms with van der Waals surface area (Å²) in [5, 5.41) is 14.8. The minimum atomic E-state index is -0.283. The van der Waals surface area contributed by atoms with Crippen LogP contribution in [-0.2, 0) is 0 Å². The molecule has 0 aliphatic rings. The van der Waals surface area contributed by atoms with Gasteiger partial charge in [-0.3, -0.25) is 0 Å². The minimum absolute atomic E-state index is 0.225. The SMILES string of the molecule is C#CCSc1nnc(C(C)C)c2cnn(-c3ccc(F)cc3)c12. The van der Waals surface area contributed by atoms with Crippen molar-refractivity contribution < 1.29 is 4.39 Å². The molecule has 2 heterocycles. The molecule has 0 spiro atoms. The summed E-state index contributed by atoms with van der Waals surface area (Å²) in [5.74, 6) is 3.03. The van der Waals surface area contributed by atoms with Gasteiger partial charge in [-0.1, -0.05) is 31.5 Å². The third-order valence-corrected chi connectivity index (χ3v) is 4.27. The summed E-state index contributed by atoms with van der Waals surface area (Å²) in [4.78, 5) is 0. The van der Waals surface area contributed by atoms with Crippen molar-refractivity contribution in [2.24, 2.45) is 0 Å². The Bertz CT molecular complexity index is 878. The van der Waals surface area contributed by atoms with Gasteiger partial charge in [0.1, 0.15) is 16.4 Å². The van der Waals surface area contributed by atoms with E-state index in [1.165, 1.54) is 23.9 Å². The fraction of sp³-hybridized carbons (Fsp3) is 0.235. The first-order valence-electron chi connectivity index (χ1n) is 7.18. The number of fused-ring (bicyclic) bond motifs is 1. The Kier molecular flexibility index (Phi) is 4.30. The number of halogens is 1. The van der Waals surface area contributed by atoms with Gasteiger partial charge in [0.2, 0.25) is 0 Å². The zero-order chi connectivity index (χ0) is 16.4. The maximum absolute atomic E-state index is 13.2. The predicted molar refractivity (Wildman–Crippen MR) is 90.3 cm³/mol. The Balaban J connectivity index is 2.24. The van der Waals surface area contributed by atoms with E-state index in [1.54, 1.807) is 23.0 Å². The van der Waals surface area contributed by atoms with Crippen molar-refractivity contribution in [1.82, 2.24) is 20.0 Å². The van der Waals surface area contributed by atoms with Crippen LogP contribution in [0, 0.1) is 18.2 Å². The molecule has 0 N–H and O–H groups in total. The molecule has 0 aliphatic carbocycles. The Hall–Kier alpha value is -2.39. The highest BCUT2D eigenvalue weighted by Gasteiger charge is 2.18. The first-order valence-corrected chi connectivity index (χ1v) is 8.17. The van der Waals surface area contributed by atoms with Gasteiger partial charge in [-0.2, -0.15) is 10.2 Å². The number of aromatic nitrogens is 4. The molecule has 1 aromatic carbocycles. The van der Waals surface area contributed by atoms with Crippen LogP contribution in [0.5, 0.6) is 0 Å². The highest BCUT2D eigenvalue weighted by atomic mass is 32.2. The highest BCUT2D eigenvalue weighted by Crippen LogP contribution is 2.31. The van der Waals surface area contributed by atoms with Crippen LogP contribution in [0.1, 0.15) is 25.5 Å². The molecule has 116 valence electrons. The number of nitrogens with zero attached hydrogens (tertiary/aromatic N) is 4. The van der Waals surface area contributed by atoms with Crippen LogP contribution in [0.4, 0.5) is 4.39 Å². The summed E-state index contributed by atoms with van der Waals surface area (Å²) in [7, 11) is 0. The van der Waals surface area contributed by atoms with E-state index in [4.69, 9.17) is 6.42 Å². The third-order valence-electron chi connectivity index (χ3n) is 3.41. The number of benzene rings is 1. The number of hydrogen-bond acceptors (Lipinski definition) is 4. The standard InChI is InChI=1S/C17H15FN4S/c1-4-9-23-17-16-14(15(11(2)3)20-21-17)10-19-22(16)13-7-5-12(18)6-8-13/h1,5-8,10-11H,9H2,2-3H3. The van der Waals surface area contributed by atoms with Crippen molar-refractivity contribution >= 4 is 22.7 Å². The number of hydrogen-bond donors (Lipinski definition) is 0. The molecule has 0 atom stereocenters. The molecule has 3 aromatic rings. The van der Waals surface area contributed by atoms with E-state index in [1.807, 2.05) is 0 Å². The summed E-state index contributed by atoms with van der Waals surface area (Å²) in [6, 6.07) is 6.20. The zero-order valence-electron chi connectivity index (χ0n) is 12.8. The molecule has 0 fully saturated rings. The zero-order valence-corrected chi connectivity index (χ0v) is 13.6. The first-order chi connectivity index (χ1) is 11.1. The lowest BCUT2D eigenvalue weighted by Gasteiger charge is -2.09. The summed E-state index contributed by atoms with van der Waals surface area (Å²) in [6.07, 6.45) is 7.14.